The van der Waals surface area contributed by atoms with Gasteiger partial charge in [-0.25, -0.2) is 4.79 Å². The Hall–Kier alpha value is -2.57. The molecule has 1 heterocycles. The summed E-state index contributed by atoms with van der Waals surface area (Å²) >= 11 is 0. The number of esters is 1. The minimum Gasteiger partial charge on any atom is -0.469 e. The quantitative estimate of drug-likeness (QED) is 0.784. The summed E-state index contributed by atoms with van der Waals surface area (Å²) in [5, 5.41) is 9.85. The molecule has 4 rings (SSSR count). The highest BCUT2D eigenvalue weighted by Crippen LogP contribution is 2.52. The predicted molar refractivity (Wildman–Crippen MR) is 102 cm³/mol. The molecule has 1 aliphatic heterocycles. The molecule has 0 aromatic heterocycles. The summed E-state index contributed by atoms with van der Waals surface area (Å²) in [6, 6.07) is 7.50. The summed E-state index contributed by atoms with van der Waals surface area (Å²) in [4.78, 5) is 40.2. The molecule has 2 saturated carbocycles. The minimum absolute atomic E-state index is 0.0397. The smallest absolute Gasteiger partial charge is 0.412 e. The zero-order chi connectivity index (χ0) is 19.8. The van der Waals surface area contributed by atoms with Crippen LogP contribution in [0.4, 0.5) is 10.5 Å². The number of hydrogen-bond acceptors (Lipinski definition) is 4. The van der Waals surface area contributed by atoms with Gasteiger partial charge in [-0.15, -0.1) is 0 Å². The van der Waals surface area contributed by atoms with E-state index in [0.29, 0.717) is 5.69 Å². The van der Waals surface area contributed by atoms with Crippen molar-refractivity contribution >= 4 is 23.7 Å². The maximum Gasteiger partial charge on any atom is 0.412 e. The fourth-order valence-corrected chi connectivity index (χ4v) is 5.00. The van der Waals surface area contributed by atoms with Crippen LogP contribution in [-0.4, -0.2) is 47.2 Å². The lowest BCUT2D eigenvalue weighted by atomic mass is 9.81. The molecular formula is C21H26N2O5. The SMILES string of the molecule is COC(=O)CCC(=O)N(C1CC1)C1c2ccccc2N(C(=O)O)[C@@H]2CCC[C@H]12. The number of hydrogen-bond donors (Lipinski definition) is 1. The van der Waals surface area contributed by atoms with Gasteiger partial charge >= 0.3 is 12.1 Å². The molecule has 7 heteroatoms. The van der Waals surface area contributed by atoms with Gasteiger partial charge < -0.3 is 14.7 Å². The van der Waals surface area contributed by atoms with Gasteiger partial charge in [0.05, 0.1) is 25.3 Å². The maximum atomic E-state index is 13.1. The Morgan fingerprint density at radius 2 is 1.89 bits per heavy atom. The topological polar surface area (TPSA) is 87.2 Å². The molecule has 28 heavy (non-hydrogen) atoms. The van der Waals surface area contributed by atoms with Crippen molar-refractivity contribution in [1.82, 2.24) is 4.90 Å². The van der Waals surface area contributed by atoms with Crippen molar-refractivity contribution in [2.45, 2.75) is 63.1 Å². The third kappa shape index (κ3) is 3.23. The van der Waals surface area contributed by atoms with Crippen molar-refractivity contribution in [3.8, 4) is 0 Å². The van der Waals surface area contributed by atoms with E-state index >= 15 is 0 Å². The van der Waals surface area contributed by atoms with Gasteiger partial charge in [0.25, 0.3) is 0 Å². The van der Waals surface area contributed by atoms with Crippen LogP contribution in [0.25, 0.3) is 0 Å². The van der Waals surface area contributed by atoms with Crippen LogP contribution in [0.15, 0.2) is 24.3 Å². The number of amides is 2. The summed E-state index contributed by atoms with van der Waals surface area (Å²) < 4.78 is 4.69. The van der Waals surface area contributed by atoms with E-state index in [1.54, 1.807) is 0 Å². The second-order valence-electron chi connectivity index (χ2n) is 7.93. The van der Waals surface area contributed by atoms with E-state index in [-0.39, 0.29) is 48.8 Å². The van der Waals surface area contributed by atoms with E-state index in [2.05, 4.69) is 4.74 Å². The average molecular weight is 386 g/mol. The molecule has 3 aliphatic rings. The molecule has 2 amide bonds. The Morgan fingerprint density at radius 3 is 2.57 bits per heavy atom. The Morgan fingerprint density at radius 1 is 1.14 bits per heavy atom. The van der Waals surface area contributed by atoms with Crippen LogP contribution in [0.1, 0.15) is 56.6 Å². The number of carbonyl (C=O) groups is 3. The molecule has 1 aromatic rings. The Labute approximate surface area is 164 Å². The lowest BCUT2D eigenvalue weighted by Crippen LogP contribution is -2.52. The summed E-state index contributed by atoms with van der Waals surface area (Å²) in [6.45, 7) is 0. The van der Waals surface area contributed by atoms with E-state index in [1.807, 2.05) is 29.2 Å². The average Bonchev–Trinajstić information content (AvgIpc) is 3.41. The first kappa shape index (κ1) is 18.8. The number of ether oxygens (including phenoxy) is 1. The molecule has 3 atom stereocenters. The lowest BCUT2D eigenvalue weighted by Gasteiger charge is -2.46. The third-order valence-electron chi connectivity index (χ3n) is 6.29. The van der Waals surface area contributed by atoms with Crippen molar-refractivity contribution in [1.29, 1.82) is 0 Å². The van der Waals surface area contributed by atoms with Crippen LogP contribution in [0.2, 0.25) is 0 Å². The van der Waals surface area contributed by atoms with Gasteiger partial charge in [0, 0.05) is 24.4 Å². The second-order valence-corrected chi connectivity index (χ2v) is 7.93. The molecule has 1 unspecified atom stereocenters. The van der Waals surface area contributed by atoms with E-state index in [4.69, 9.17) is 0 Å². The summed E-state index contributed by atoms with van der Waals surface area (Å²) in [7, 11) is 1.33. The zero-order valence-electron chi connectivity index (χ0n) is 16.0. The standard InChI is InChI=1S/C21H26N2O5/c1-28-19(25)12-11-18(24)22(13-9-10-13)20-14-5-2-3-7-16(14)23(21(26)27)17-8-4-6-15(17)20/h2-3,5,7,13,15,17,20H,4,6,8-12H2,1H3,(H,26,27)/t15-,17+,20?/m0/s1. The van der Waals surface area contributed by atoms with Gasteiger partial charge in [-0.2, -0.15) is 0 Å². The molecule has 0 bridgehead atoms. The molecule has 7 nitrogen and oxygen atoms in total. The van der Waals surface area contributed by atoms with Crippen LogP contribution in [0.5, 0.6) is 0 Å². The molecule has 0 saturated heterocycles. The van der Waals surface area contributed by atoms with Gasteiger partial charge in [0.2, 0.25) is 5.91 Å². The van der Waals surface area contributed by atoms with E-state index < -0.39 is 6.09 Å². The number of carbonyl (C=O) groups excluding carboxylic acids is 2. The summed E-state index contributed by atoms with van der Waals surface area (Å²) in [5.41, 5.74) is 1.60. The molecule has 0 radical (unpaired) electrons. The number of carboxylic acid groups (broad SMARTS) is 1. The minimum atomic E-state index is -0.933. The van der Waals surface area contributed by atoms with Gasteiger partial charge in [-0.05, 0) is 37.3 Å². The Kier molecular flexibility index (Phi) is 5.00. The normalized spacial score (nSPS) is 25.6. The maximum absolute atomic E-state index is 13.1. The Bertz CT molecular complexity index is 791. The molecule has 0 spiro atoms. The molecule has 2 fully saturated rings. The van der Waals surface area contributed by atoms with E-state index in [9.17, 15) is 19.5 Å². The van der Waals surface area contributed by atoms with Gasteiger partial charge in [-0.1, -0.05) is 24.6 Å². The molecule has 1 N–H and O–H groups in total. The summed E-state index contributed by atoms with van der Waals surface area (Å²) in [6.07, 6.45) is 3.86. The van der Waals surface area contributed by atoms with Gasteiger partial charge in [0.15, 0.2) is 0 Å². The predicted octanol–water partition coefficient (Wildman–Crippen LogP) is 3.34. The first-order valence-corrected chi connectivity index (χ1v) is 10.0. The van der Waals surface area contributed by atoms with E-state index in [0.717, 1.165) is 37.7 Å². The molecule has 1 aromatic carbocycles. The van der Waals surface area contributed by atoms with Crippen LogP contribution in [0.3, 0.4) is 0 Å². The second kappa shape index (κ2) is 7.45. The first-order valence-electron chi connectivity index (χ1n) is 10.0. The number of fused-ring (bicyclic) bond motifs is 2. The van der Waals surface area contributed by atoms with Crippen molar-refractivity contribution in [3.05, 3.63) is 29.8 Å². The van der Waals surface area contributed by atoms with Crippen LogP contribution >= 0.6 is 0 Å². The van der Waals surface area contributed by atoms with Crippen LogP contribution < -0.4 is 4.90 Å². The first-order chi connectivity index (χ1) is 13.5. The number of nitrogens with zero attached hydrogens (tertiary/aromatic N) is 2. The fourth-order valence-electron chi connectivity index (χ4n) is 5.00. The highest BCUT2D eigenvalue weighted by Gasteiger charge is 2.51. The zero-order valence-corrected chi connectivity index (χ0v) is 16.0. The van der Waals surface area contributed by atoms with Crippen molar-refractivity contribution in [2.75, 3.05) is 12.0 Å². The van der Waals surface area contributed by atoms with E-state index in [1.165, 1.54) is 12.0 Å². The lowest BCUT2D eigenvalue weighted by molar-refractivity contribution is -0.145. The van der Waals surface area contributed by atoms with Crippen molar-refractivity contribution in [3.63, 3.8) is 0 Å². The third-order valence-corrected chi connectivity index (χ3v) is 6.29. The molecular weight excluding hydrogens is 360 g/mol. The largest absolute Gasteiger partial charge is 0.469 e. The Balaban J connectivity index is 1.71. The van der Waals surface area contributed by atoms with Crippen molar-refractivity contribution in [2.24, 2.45) is 5.92 Å². The van der Waals surface area contributed by atoms with Crippen LogP contribution in [-0.2, 0) is 14.3 Å². The number of benzene rings is 1. The number of anilines is 1. The highest BCUT2D eigenvalue weighted by atomic mass is 16.5. The highest BCUT2D eigenvalue weighted by molar-refractivity contribution is 5.90. The molecule has 2 aliphatic carbocycles. The monoisotopic (exact) mass is 386 g/mol. The number of rotatable bonds is 5. The number of methoxy groups -OCH3 is 1. The van der Waals surface area contributed by atoms with Gasteiger partial charge in [0.1, 0.15) is 0 Å². The number of para-hydroxylation sites is 1. The summed E-state index contributed by atoms with van der Waals surface area (Å²) in [5.74, 6) is -0.334. The van der Waals surface area contributed by atoms with Gasteiger partial charge in [-0.3, -0.25) is 14.5 Å². The van der Waals surface area contributed by atoms with Crippen molar-refractivity contribution < 1.29 is 24.2 Å². The fraction of sp³-hybridized carbons (Fsp3) is 0.571. The molecule has 150 valence electrons. The van der Waals surface area contributed by atoms with Crippen LogP contribution in [0, 0.1) is 5.92 Å².